The summed E-state index contributed by atoms with van der Waals surface area (Å²) in [4.78, 5) is 46.4. The lowest BCUT2D eigenvalue weighted by atomic mass is 9.85. The highest BCUT2D eigenvalue weighted by molar-refractivity contribution is 6.48. The number of aromatic amines is 1. The van der Waals surface area contributed by atoms with E-state index >= 15 is 0 Å². The van der Waals surface area contributed by atoms with E-state index in [1.165, 1.54) is 9.91 Å². The number of benzene rings is 3. The van der Waals surface area contributed by atoms with Gasteiger partial charge in [0.1, 0.15) is 5.92 Å². The summed E-state index contributed by atoms with van der Waals surface area (Å²) in [5, 5.41) is 6.61. The van der Waals surface area contributed by atoms with Gasteiger partial charge in [-0.2, -0.15) is 5.10 Å². The molecule has 0 aliphatic carbocycles. The van der Waals surface area contributed by atoms with Crippen LogP contribution in [-0.4, -0.2) is 40.5 Å². The molecule has 3 heterocycles. The molecule has 1 atom stereocenters. The van der Waals surface area contributed by atoms with Gasteiger partial charge >= 0.3 is 0 Å². The third-order valence-electron chi connectivity index (χ3n) is 7.32. The monoisotopic (exact) mass is 502 g/mol. The molecular weight excluding hydrogens is 476 g/mol. The lowest BCUT2D eigenvalue weighted by Gasteiger charge is -2.17. The zero-order chi connectivity index (χ0) is 26.6. The lowest BCUT2D eigenvalue weighted by Crippen LogP contribution is -2.35. The van der Waals surface area contributed by atoms with Gasteiger partial charge in [0.15, 0.2) is 0 Å². The molecular formula is C31H26N4O3. The van der Waals surface area contributed by atoms with Crippen LogP contribution in [0.3, 0.4) is 0 Å². The van der Waals surface area contributed by atoms with Crippen molar-refractivity contribution in [1.82, 2.24) is 9.99 Å². The quantitative estimate of drug-likeness (QED) is 0.396. The molecule has 3 aromatic carbocycles. The van der Waals surface area contributed by atoms with Crippen molar-refractivity contribution in [1.29, 1.82) is 0 Å². The van der Waals surface area contributed by atoms with Crippen molar-refractivity contribution in [2.75, 3.05) is 11.9 Å². The van der Waals surface area contributed by atoms with Crippen molar-refractivity contribution in [2.45, 2.75) is 20.3 Å². The van der Waals surface area contributed by atoms with Crippen molar-refractivity contribution in [2.24, 2.45) is 11.0 Å². The van der Waals surface area contributed by atoms with Crippen LogP contribution in [0.1, 0.15) is 29.2 Å². The molecule has 3 amide bonds. The van der Waals surface area contributed by atoms with Gasteiger partial charge in [-0.3, -0.25) is 14.4 Å². The zero-order valence-electron chi connectivity index (χ0n) is 21.4. The number of aryl methyl sites for hydroxylation is 2. The van der Waals surface area contributed by atoms with E-state index in [4.69, 9.17) is 0 Å². The fourth-order valence-electron chi connectivity index (χ4n) is 5.39. The van der Waals surface area contributed by atoms with E-state index in [2.05, 4.69) is 17.0 Å². The predicted octanol–water partition coefficient (Wildman–Crippen LogP) is 4.86. The van der Waals surface area contributed by atoms with Gasteiger partial charge in [0.05, 0.1) is 22.5 Å². The van der Waals surface area contributed by atoms with Gasteiger partial charge in [0.25, 0.3) is 17.7 Å². The van der Waals surface area contributed by atoms with Crippen LogP contribution in [0, 0.1) is 12.8 Å². The summed E-state index contributed by atoms with van der Waals surface area (Å²) in [6.45, 7) is 4.01. The Morgan fingerprint density at radius 1 is 0.895 bits per heavy atom. The van der Waals surface area contributed by atoms with Crippen molar-refractivity contribution in [3.63, 3.8) is 0 Å². The molecule has 0 fully saturated rings. The number of hydrazone groups is 1. The molecule has 0 unspecified atom stereocenters. The zero-order valence-corrected chi connectivity index (χ0v) is 21.4. The smallest absolute Gasteiger partial charge is 0.266 e. The second kappa shape index (κ2) is 8.95. The molecule has 188 valence electrons. The Morgan fingerprint density at radius 2 is 1.63 bits per heavy atom. The first-order valence-corrected chi connectivity index (χ1v) is 12.6. The van der Waals surface area contributed by atoms with Crippen LogP contribution in [-0.2, 0) is 20.8 Å². The molecule has 1 N–H and O–H groups in total. The van der Waals surface area contributed by atoms with E-state index < -0.39 is 17.7 Å². The van der Waals surface area contributed by atoms with E-state index in [9.17, 15) is 14.4 Å². The Hall–Kier alpha value is -4.78. The Bertz CT molecular complexity index is 1680. The number of anilines is 1. The van der Waals surface area contributed by atoms with Crippen LogP contribution in [0.2, 0.25) is 0 Å². The highest BCUT2D eigenvalue weighted by atomic mass is 16.2. The Morgan fingerprint density at radius 3 is 2.34 bits per heavy atom. The number of carbonyl (C=O) groups is 3. The number of nitrogens with zero attached hydrogens (tertiary/aromatic N) is 3. The Kier molecular flexibility index (Phi) is 5.56. The van der Waals surface area contributed by atoms with Gasteiger partial charge in [0, 0.05) is 29.7 Å². The van der Waals surface area contributed by atoms with Gasteiger partial charge in [-0.15, -0.1) is 0 Å². The summed E-state index contributed by atoms with van der Waals surface area (Å²) < 4.78 is 0. The van der Waals surface area contributed by atoms with E-state index in [1.54, 1.807) is 25.4 Å². The van der Waals surface area contributed by atoms with Crippen molar-refractivity contribution < 1.29 is 14.4 Å². The molecule has 0 bridgehead atoms. The first kappa shape index (κ1) is 23.6. The normalized spacial score (nSPS) is 17.8. The topological polar surface area (TPSA) is 85.8 Å². The van der Waals surface area contributed by atoms with Crippen molar-refractivity contribution >= 4 is 45.6 Å². The first-order valence-electron chi connectivity index (χ1n) is 12.6. The molecule has 7 nitrogen and oxygen atoms in total. The minimum atomic E-state index is -1.01. The maximum atomic E-state index is 14.2. The number of nitrogens with one attached hydrogen (secondary N) is 1. The molecule has 1 aromatic heterocycles. The largest absolute Gasteiger partial charge is 0.360 e. The Labute approximate surface area is 220 Å². The van der Waals surface area contributed by atoms with Crippen molar-refractivity contribution in [3.8, 4) is 0 Å². The molecule has 0 saturated carbocycles. The fraction of sp³-hybridized carbons (Fsp3) is 0.161. The number of rotatable bonds is 5. The van der Waals surface area contributed by atoms with E-state index in [0.29, 0.717) is 17.0 Å². The van der Waals surface area contributed by atoms with Crippen LogP contribution in [0.15, 0.2) is 89.7 Å². The number of H-pyrrole nitrogens is 1. The predicted molar refractivity (Wildman–Crippen MR) is 148 cm³/mol. The molecule has 7 heteroatoms. The third kappa shape index (κ3) is 3.50. The van der Waals surface area contributed by atoms with Crippen LogP contribution >= 0.6 is 0 Å². The van der Waals surface area contributed by atoms with E-state index in [0.717, 1.165) is 34.0 Å². The highest BCUT2D eigenvalue weighted by Crippen LogP contribution is 2.42. The summed E-state index contributed by atoms with van der Waals surface area (Å²) in [5.41, 5.74) is 5.65. The summed E-state index contributed by atoms with van der Waals surface area (Å²) in [7, 11) is 1.57. The summed E-state index contributed by atoms with van der Waals surface area (Å²) in [6.07, 6.45) is 2.58. The standard InChI is InChI=1S/C31H26N4O3/c1-4-19-11-8-12-22-23(17-32-27(19)22)24-25(31(38)35(30(24)37)21-15-13-18(2)14-16-21)26-28(33-34(3)29(26)36)20-9-6-5-7-10-20/h5-17,26,32H,4H2,1-3H3/t26-/m0/s1. The maximum Gasteiger partial charge on any atom is 0.266 e. The van der Waals surface area contributed by atoms with Gasteiger partial charge in [0.2, 0.25) is 0 Å². The van der Waals surface area contributed by atoms with Crippen LogP contribution < -0.4 is 4.90 Å². The molecule has 4 aromatic rings. The summed E-state index contributed by atoms with van der Waals surface area (Å²) in [5.74, 6) is -2.32. The number of fused-ring (bicyclic) bond motifs is 1. The van der Waals surface area contributed by atoms with E-state index in [1.807, 2.05) is 67.6 Å². The minimum Gasteiger partial charge on any atom is -0.360 e. The molecule has 38 heavy (non-hydrogen) atoms. The average Bonchev–Trinajstić information content (AvgIpc) is 3.56. The first-order chi connectivity index (χ1) is 18.4. The van der Waals surface area contributed by atoms with E-state index in [-0.39, 0.29) is 17.1 Å². The van der Waals surface area contributed by atoms with Gasteiger partial charge in [-0.1, -0.05) is 73.2 Å². The van der Waals surface area contributed by atoms with Crippen molar-refractivity contribution in [3.05, 3.63) is 107 Å². The average molecular weight is 503 g/mol. The molecule has 0 spiro atoms. The molecule has 0 radical (unpaired) electrons. The Balaban J connectivity index is 1.61. The lowest BCUT2D eigenvalue weighted by molar-refractivity contribution is -0.130. The summed E-state index contributed by atoms with van der Waals surface area (Å²) in [6, 6.07) is 22.5. The fourth-order valence-corrected chi connectivity index (χ4v) is 5.39. The minimum absolute atomic E-state index is 0.148. The number of hydrogen-bond acceptors (Lipinski definition) is 4. The highest BCUT2D eigenvalue weighted by Gasteiger charge is 2.50. The van der Waals surface area contributed by atoms with Gasteiger partial charge in [-0.25, -0.2) is 9.91 Å². The second-order valence-corrected chi connectivity index (χ2v) is 9.61. The number of hydrogen-bond donors (Lipinski definition) is 1. The molecule has 0 saturated heterocycles. The second-order valence-electron chi connectivity index (χ2n) is 9.61. The SMILES string of the molecule is CCc1cccc2c(C3=C([C@@H]4C(=O)N(C)N=C4c4ccccc4)C(=O)N(c4ccc(C)cc4)C3=O)c[nH]c12. The number of amides is 3. The van der Waals surface area contributed by atoms with Crippen LogP contribution in [0.25, 0.3) is 16.5 Å². The maximum absolute atomic E-state index is 14.2. The number of para-hydroxylation sites is 1. The van der Waals surface area contributed by atoms with Crippen LogP contribution in [0.4, 0.5) is 5.69 Å². The van der Waals surface area contributed by atoms with Crippen LogP contribution in [0.5, 0.6) is 0 Å². The summed E-state index contributed by atoms with van der Waals surface area (Å²) >= 11 is 0. The number of carbonyl (C=O) groups excluding carboxylic acids is 3. The molecule has 2 aliphatic rings. The van der Waals surface area contributed by atoms with Gasteiger partial charge < -0.3 is 4.98 Å². The number of aromatic nitrogens is 1. The molecule has 6 rings (SSSR count). The number of imide groups is 1. The molecule has 2 aliphatic heterocycles. The third-order valence-corrected chi connectivity index (χ3v) is 7.32. The van der Waals surface area contributed by atoms with Gasteiger partial charge in [-0.05, 0) is 36.6 Å².